The zero-order valence-electron chi connectivity index (χ0n) is 8.13. The van der Waals surface area contributed by atoms with Crippen LogP contribution in [0.25, 0.3) is 5.84 Å². The molecule has 0 unspecified atom stereocenters. The zero-order valence-corrected chi connectivity index (χ0v) is 8.13. The van der Waals surface area contributed by atoms with E-state index in [2.05, 4.69) is 0 Å². The van der Waals surface area contributed by atoms with E-state index in [1.807, 2.05) is 20.8 Å². The van der Waals surface area contributed by atoms with Crippen molar-refractivity contribution in [3.05, 3.63) is 11.0 Å². The van der Waals surface area contributed by atoms with Crippen LogP contribution >= 0.6 is 0 Å². The van der Waals surface area contributed by atoms with E-state index >= 15 is 0 Å². The first kappa shape index (κ1) is 11.8. The van der Waals surface area contributed by atoms with Crippen molar-refractivity contribution in [1.29, 1.82) is 0 Å². The lowest BCUT2D eigenvalue weighted by atomic mass is 10.0. The Morgan fingerprint density at radius 1 is 1.42 bits per heavy atom. The molecule has 0 fully saturated rings. The van der Waals surface area contributed by atoms with Gasteiger partial charge < -0.3 is 16.2 Å². The third-order valence-electron chi connectivity index (χ3n) is 2.04. The van der Waals surface area contributed by atoms with Gasteiger partial charge in [-0.3, -0.25) is 4.84 Å². The quantitative estimate of drug-likeness (QED) is 0.600. The summed E-state index contributed by atoms with van der Waals surface area (Å²) in [5.74, 6) is 6.94. The Morgan fingerprint density at radius 3 is 2.08 bits per heavy atom. The second-order valence-corrected chi connectivity index (χ2v) is 3.01. The van der Waals surface area contributed by atoms with Crippen molar-refractivity contribution < 1.29 is 4.84 Å². The first-order valence-corrected chi connectivity index (χ1v) is 4.06. The summed E-state index contributed by atoms with van der Waals surface area (Å²) in [5, 5.41) is 11.7. The van der Waals surface area contributed by atoms with Crippen molar-refractivity contribution in [2.75, 3.05) is 7.05 Å². The first-order chi connectivity index (χ1) is 5.45. The minimum absolute atomic E-state index is 0.188. The molecule has 0 saturated carbocycles. The number of hydrogen-bond donors (Lipinski definition) is 0. The van der Waals surface area contributed by atoms with E-state index in [-0.39, 0.29) is 5.34 Å². The van der Waals surface area contributed by atoms with E-state index in [0.717, 1.165) is 12.8 Å². The molecule has 0 bridgehead atoms. The van der Waals surface area contributed by atoms with Crippen molar-refractivity contribution in [2.45, 2.75) is 39.2 Å². The SMILES string of the molecule is CCC(C)(CC)ON([O-])N(C)[NH-]. The lowest BCUT2D eigenvalue weighted by molar-refractivity contribution is -0.289. The van der Waals surface area contributed by atoms with Crippen LogP contribution in [0.2, 0.25) is 0 Å². The molecule has 74 valence electrons. The van der Waals surface area contributed by atoms with Gasteiger partial charge in [-0.15, -0.1) is 0 Å². The standard InChI is InChI=1S/C7H17N3O2/c1-5-7(3,6-2)12-10(11)9(4)8/h8H,5-6H2,1-4H3/q-2. The Bertz CT molecular complexity index is 126. The van der Waals surface area contributed by atoms with Gasteiger partial charge in [0.05, 0.1) is 5.60 Å². The van der Waals surface area contributed by atoms with Crippen molar-refractivity contribution in [2.24, 2.45) is 0 Å². The van der Waals surface area contributed by atoms with Gasteiger partial charge in [-0.2, -0.15) is 0 Å². The van der Waals surface area contributed by atoms with E-state index in [1.165, 1.54) is 7.05 Å². The minimum atomic E-state index is -0.461. The van der Waals surface area contributed by atoms with E-state index < -0.39 is 5.60 Å². The van der Waals surface area contributed by atoms with Gasteiger partial charge in [0.15, 0.2) is 0 Å². The summed E-state index contributed by atoms with van der Waals surface area (Å²) in [4.78, 5) is 5.01. The molecular weight excluding hydrogens is 158 g/mol. The maximum absolute atomic E-state index is 10.9. The topological polar surface area (TPSA) is 62.6 Å². The van der Waals surface area contributed by atoms with Gasteiger partial charge in [0.1, 0.15) is 0 Å². The largest absolute Gasteiger partial charge is 0.749 e. The van der Waals surface area contributed by atoms with Crippen molar-refractivity contribution in [3.8, 4) is 0 Å². The maximum atomic E-state index is 10.9. The Balaban J connectivity index is 4.02. The zero-order chi connectivity index (χ0) is 9.78. The summed E-state index contributed by atoms with van der Waals surface area (Å²) in [6, 6.07) is 0. The third kappa shape index (κ3) is 3.46. The van der Waals surface area contributed by atoms with Crippen LogP contribution in [0.15, 0.2) is 0 Å². The predicted molar refractivity (Wildman–Crippen MR) is 47.4 cm³/mol. The molecule has 0 rings (SSSR count). The summed E-state index contributed by atoms with van der Waals surface area (Å²) in [6.45, 7) is 5.74. The number of nitrogens with zero attached hydrogens (tertiary/aromatic N) is 2. The number of nitrogens with one attached hydrogen (secondary N) is 1. The molecule has 12 heavy (non-hydrogen) atoms. The molecule has 0 aromatic heterocycles. The van der Waals surface area contributed by atoms with Gasteiger partial charge >= 0.3 is 0 Å². The lowest BCUT2D eigenvalue weighted by Crippen LogP contribution is -2.39. The summed E-state index contributed by atoms with van der Waals surface area (Å²) in [7, 11) is 1.32. The van der Waals surface area contributed by atoms with Crippen LogP contribution in [-0.2, 0) is 4.84 Å². The molecule has 0 aromatic rings. The number of rotatable bonds is 5. The monoisotopic (exact) mass is 175 g/mol. The predicted octanol–water partition coefficient (Wildman–Crippen LogP) is 2.11. The molecule has 0 aliphatic carbocycles. The molecule has 5 nitrogen and oxygen atoms in total. The summed E-state index contributed by atoms with van der Waals surface area (Å²) < 4.78 is 0. The molecule has 0 heterocycles. The highest BCUT2D eigenvalue weighted by Crippen LogP contribution is 2.20. The molecule has 0 radical (unpaired) electrons. The van der Waals surface area contributed by atoms with Gasteiger partial charge in [-0.1, -0.05) is 13.8 Å². The molecule has 0 aromatic carbocycles. The Hall–Kier alpha value is -0.200. The van der Waals surface area contributed by atoms with E-state index in [1.54, 1.807) is 0 Å². The fraction of sp³-hybridized carbons (Fsp3) is 1.00. The van der Waals surface area contributed by atoms with Crippen LogP contribution in [-0.4, -0.2) is 23.1 Å². The van der Waals surface area contributed by atoms with Gasteiger partial charge in [-0.25, -0.2) is 5.34 Å². The van der Waals surface area contributed by atoms with Crippen LogP contribution in [0.1, 0.15) is 33.6 Å². The summed E-state index contributed by atoms with van der Waals surface area (Å²) >= 11 is 0. The first-order valence-electron chi connectivity index (χ1n) is 4.06. The summed E-state index contributed by atoms with van der Waals surface area (Å²) in [5.41, 5.74) is -0.461. The molecule has 0 saturated heterocycles. The van der Waals surface area contributed by atoms with Crippen LogP contribution in [0, 0.1) is 5.21 Å². The third-order valence-corrected chi connectivity index (χ3v) is 2.04. The second-order valence-electron chi connectivity index (χ2n) is 3.01. The van der Waals surface area contributed by atoms with E-state index in [0.29, 0.717) is 5.12 Å². The Kier molecular flexibility index (Phi) is 4.66. The van der Waals surface area contributed by atoms with Gasteiger partial charge in [0, 0.05) is 0 Å². The maximum Gasteiger partial charge on any atom is 0.0870 e. The van der Waals surface area contributed by atoms with Crippen LogP contribution in [0.4, 0.5) is 0 Å². The normalized spacial score (nSPS) is 13.0. The average Bonchev–Trinajstić information content (AvgIpc) is 2.04. The molecule has 0 atom stereocenters. The highest BCUT2D eigenvalue weighted by Gasteiger charge is 2.21. The van der Waals surface area contributed by atoms with Crippen molar-refractivity contribution in [3.63, 3.8) is 0 Å². The van der Waals surface area contributed by atoms with Crippen LogP contribution in [0.3, 0.4) is 0 Å². The Labute approximate surface area is 73.5 Å². The second kappa shape index (κ2) is 4.74. The molecule has 0 aliphatic heterocycles. The fourth-order valence-corrected chi connectivity index (χ4v) is 0.629. The smallest absolute Gasteiger partial charge is 0.0870 e. The molecule has 0 amide bonds. The van der Waals surface area contributed by atoms with Crippen LogP contribution in [0.5, 0.6) is 0 Å². The van der Waals surface area contributed by atoms with Gasteiger partial charge in [0.2, 0.25) is 0 Å². The summed E-state index contributed by atoms with van der Waals surface area (Å²) in [6.07, 6.45) is 1.49. The molecular formula is C7H17N3O2-2. The Morgan fingerprint density at radius 2 is 1.83 bits per heavy atom. The molecule has 0 spiro atoms. The van der Waals surface area contributed by atoms with Crippen molar-refractivity contribution in [1.82, 2.24) is 10.5 Å². The highest BCUT2D eigenvalue weighted by atomic mass is 16.9. The molecule has 1 N–H and O–H groups in total. The molecule has 5 heteroatoms. The number of hydrogen-bond acceptors (Lipinski definition) is 4. The van der Waals surface area contributed by atoms with Gasteiger partial charge in [-0.05, 0) is 26.8 Å². The molecule has 0 aliphatic rings. The van der Waals surface area contributed by atoms with Crippen molar-refractivity contribution >= 4 is 0 Å². The van der Waals surface area contributed by atoms with E-state index in [9.17, 15) is 5.21 Å². The minimum Gasteiger partial charge on any atom is -0.749 e. The number of hydrazine groups is 1. The van der Waals surface area contributed by atoms with E-state index in [4.69, 9.17) is 10.7 Å². The van der Waals surface area contributed by atoms with Crippen LogP contribution < -0.4 is 0 Å². The average molecular weight is 175 g/mol. The van der Waals surface area contributed by atoms with Gasteiger partial charge in [0.25, 0.3) is 0 Å². The highest BCUT2D eigenvalue weighted by molar-refractivity contribution is 4.69. The fourth-order valence-electron chi connectivity index (χ4n) is 0.629. The lowest BCUT2D eigenvalue weighted by Gasteiger charge is -2.45.